The minimum atomic E-state index is -1.77. The lowest BCUT2D eigenvalue weighted by Gasteiger charge is -2.38. The van der Waals surface area contributed by atoms with E-state index >= 15 is 0 Å². The molecule has 3 aromatic heterocycles. The van der Waals surface area contributed by atoms with Crippen molar-refractivity contribution in [3.63, 3.8) is 0 Å². The second kappa shape index (κ2) is 10.7. The number of alkyl halides is 1. The van der Waals surface area contributed by atoms with E-state index in [2.05, 4.69) is 35.6 Å². The molecule has 5 aromatic rings. The van der Waals surface area contributed by atoms with Crippen LogP contribution < -0.4 is 5.32 Å². The van der Waals surface area contributed by atoms with E-state index in [1.54, 1.807) is 48.5 Å². The van der Waals surface area contributed by atoms with E-state index in [-0.39, 0.29) is 30.5 Å². The molecule has 1 unspecified atom stereocenters. The number of fused-ring (bicyclic) bond motifs is 1. The zero-order valence-corrected chi connectivity index (χ0v) is 23.4. The molecule has 2 aliphatic rings. The molecule has 2 amide bonds. The number of nitrogens with zero attached hydrogens (tertiary/aromatic N) is 8. The SMILES string of the molecule is Cn1nnc(C(c2ccccc2)N2CCN(C(=O)c3cc(-c4nc5cc(NC(=O)C6(F)CC6)ccc5o4)ccn3)CC2)n1. The largest absolute Gasteiger partial charge is 0.436 e. The first-order valence-electron chi connectivity index (χ1n) is 14.1. The first kappa shape index (κ1) is 26.8. The van der Waals surface area contributed by atoms with Crippen LogP contribution >= 0.6 is 0 Å². The molecule has 43 heavy (non-hydrogen) atoms. The van der Waals surface area contributed by atoms with Crippen LogP contribution in [-0.2, 0) is 11.8 Å². The van der Waals surface area contributed by atoms with Crippen molar-refractivity contribution < 1.29 is 18.4 Å². The topological polar surface area (TPSA) is 135 Å². The minimum absolute atomic E-state index is 0.173. The van der Waals surface area contributed by atoms with Crippen molar-refractivity contribution in [3.05, 3.63) is 83.9 Å². The van der Waals surface area contributed by atoms with Gasteiger partial charge in [-0.25, -0.2) is 9.37 Å². The molecule has 12 nitrogen and oxygen atoms in total. The van der Waals surface area contributed by atoms with Crippen molar-refractivity contribution in [2.45, 2.75) is 24.6 Å². The summed E-state index contributed by atoms with van der Waals surface area (Å²) < 4.78 is 20.0. The maximum Gasteiger partial charge on any atom is 0.272 e. The number of anilines is 1. The zero-order valence-electron chi connectivity index (χ0n) is 23.4. The number of aryl methyl sites for hydroxylation is 1. The van der Waals surface area contributed by atoms with Gasteiger partial charge in [-0.15, -0.1) is 10.2 Å². The molecule has 1 aliphatic carbocycles. The van der Waals surface area contributed by atoms with Gasteiger partial charge in [0.1, 0.15) is 11.2 Å². The smallest absolute Gasteiger partial charge is 0.272 e. The van der Waals surface area contributed by atoms with Gasteiger partial charge in [-0.1, -0.05) is 30.3 Å². The Morgan fingerprint density at radius 3 is 2.53 bits per heavy atom. The lowest BCUT2D eigenvalue weighted by Crippen LogP contribution is -2.50. The van der Waals surface area contributed by atoms with E-state index in [1.807, 2.05) is 30.3 Å². The van der Waals surface area contributed by atoms with Crippen molar-refractivity contribution in [1.29, 1.82) is 0 Å². The number of halogens is 1. The third-order valence-electron chi connectivity index (χ3n) is 7.82. The number of aromatic nitrogens is 6. The maximum absolute atomic E-state index is 14.1. The minimum Gasteiger partial charge on any atom is -0.436 e. The number of pyridine rings is 1. The Labute approximate surface area is 245 Å². The van der Waals surface area contributed by atoms with Gasteiger partial charge in [0.05, 0.1) is 13.1 Å². The van der Waals surface area contributed by atoms with Gasteiger partial charge < -0.3 is 14.6 Å². The average molecular weight is 582 g/mol. The summed E-state index contributed by atoms with van der Waals surface area (Å²) >= 11 is 0. The molecule has 1 atom stereocenters. The van der Waals surface area contributed by atoms with Crippen LogP contribution in [0.2, 0.25) is 0 Å². The summed E-state index contributed by atoms with van der Waals surface area (Å²) in [5, 5.41) is 15.4. The third kappa shape index (κ3) is 5.34. The van der Waals surface area contributed by atoms with Gasteiger partial charge in [0.2, 0.25) is 5.89 Å². The number of carbonyl (C=O) groups excluding carboxylic acids is 2. The molecule has 13 heteroatoms. The van der Waals surface area contributed by atoms with E-state index in [4.69, 9.17) is 4.42 Å². The molecular weight excluding hydrogens is 553 g/mol. The van der Waals surface area contributed by atoms with Gasteiger partial charge in [0, 0.05) is 43.6 Å². The van der Waals surface area contributed by atoms with Gasteiger partial charge in [-0.3, -0.25) is 19.5 Å². The van der Waals surface area contributed by atoms with Crippen molar-refractivity contribution in [3.8, 4) is 11.5 Å². The van der Waals surface area contributed by atoms with Gasteiger partial charge in [-0.05, 0) is 54.0 Å². The van der Waals surface area contributed by atoms with Crippen LogP contribution in [0.3, 0.4) is 0 Å². The highest BCUT2D eigenvalue weighted by Gasteiger charge is 2.50. The molecule has 0 radical (unpaired) electrons. The number of amides is 2. The lowest BCUT2D eigenvalue weighted by molar-refractivity contribution is -0.122. The van der Waals surface area contributed by atoms with Crippen molar-refractivity contribution in [2.24, 2.45) is 7.05 Å². The fourth-order valence-electron chi connectivity index (χ4n) is 5.30. The number of piperazine rings is 1. The number of nitrogens with one attached hydrogen (secondary N) is 1. The monoisotopic (exact) mass is 581 g/mol. The van der Waals surface area contributed by atoms with Crippen LogP contribution in [0.25, 0.3) is 22.6 Å². The fraction of sp³-hybridized carbons (Fsp3) is 0.300. The quantitative estimate of drug-likeness (QED) is 0.307. The van der Waals surface area contributed by atoms with E-state index < -0.39 is 11.6 Å². The highest BCUT2D eigenvalue weighted by atomic mass is 19.1. The molecule has 7 rings (SSSR count). The standard InChI is InChI=1S/C30H28FN9O3/c1-38-36-26(35-37-38)25(19-5-3-2-4-6-19)39-13-15-40(16-14-39)28(41)23-17-20(9-12-32-23)27-34-22-18-21(7-8-24(22)43-27)33-29(42)30(31)10-11-30/h2-9,12,17-18,25H,10-11,13-16H2,1H3,(H,33,42). The predicted molar refractivity (Wildman–Crippen MR) is 154 cm³/mol. The normalized spacial score (nSPS) is 17.1. The summed E-state index contributed by atoms with van der Waals surface area (Å²) in [5.41, 5.74) is 1.62. The van der Waals surface area contributed by atoms with Crippen LogP contribution in [0.4, 0.5) is 10.1 Å². The second-order valence-electron chi connectivity index (χ2n) is 10.8. The Hall–Kier alpha value is -5.04. The highest BCUT2D eigenvalue weighted by molar-refractivity contribution is 6.00. The predicted octanol–water partition coefficient (Wildman–Crippen LogP) is 3.40. The van der Waals surface area contributed by atoms with E-state index in [0.29, 0.717) is 60.2 Å². The fourth-order valence-corrected chi connectivity index (χ4v) is 5.30. The number of oxazole rings is 1. The molecule has 1 N–H and O–H groups in total. The van der Waals surface area contributed by atoms with Gasteiger partial charge in [-0.2, -0.15) is 4.80 Å². The van der Waals surface area contributed by atoms with Gasteiger partial charge in [0.25, 0.3) is 11.8 Å². The van der Waals surface area contributed by atoms with Crippen LogP contribution in [0.15, 0.2) is 71.3 Å². The molecule has 2 fully saturated rings. The van der Waals surface area contributed by atoms with Crippen molar-refractivity contribution in [2.75, 3.05) is 31.5 Å². The number of rotatable bonds is 7. The van der Waals surface area contributed by atoms with Crippen molar-refractivity contribution >= 4 is 28.6 Å². The van der Waals surface area contributed by atoms with E-state index in [1.165, 1.54) is 4.80 Å². The van der Waals surface area contributed by atoms with Crippen LogP contribution in [0, 0.1) is 0 Å². The maximum atomic E-state index is 14.1. The van der Waals surface area contributed by atoms with Crippen LogP contribution in [-0.4, -0.2) is 83.6 Å². The Kier molecular flexibility index (Phi) is 6.65. The zero-order chi connectivity index (χ0) is 29.6. The molecular formula is C30H28FN9O3. The second-order valence-corrected chi connectivity index (χ2v) is 10.8. The summed E-state index contributed by atoms with van der Waals surface area (Å²) in [5.74, 6) is 0.0995. The Morgan fingerprint density at radius 2 is 1.81 bits per heavy atom. The number of hydrogen-bond acceptors (Lipinski definition) is 9. The molecule has 1 aliphatic heterocycles. The van der Waals surface area contributed by atoms with Gasteiger partial charge in [0.15, 0.2) is 17.1 Å². The van der Waals surface area contributed by atoms with Crippen LogP contribution in [0.5, 0.6) is 0 Å². The number of tetrazole rings is 1. The summed E-state index contributed by atoms with van der Waals surface area (Å²) in [7, 11) is 1.74. The van der Waals surface area contributed by atoms with E-state index in [9.17, 15) is 14.0 Å². The molecule has 1 saturated heterocycles. The highest BCUT2D eigenvalue weighted by Crippen LogP contribution is 2.41. The first-order chi connectivity index (χ1) is 20.9. The summed E-state index contributed by atoms with van der Waals surface area (Å²) in [6, 6.07) is 18.2. The number of hydrogen-bond donors (Lipinski definition) is 1. The first-order valence-corrected chi connectivity index (χ1v) is 14.1. The summed E-state index contributed by atoms with van der Waals surface area (Å²) in [4.78, 5) is 39.9. The number of benzene rings is 2. The molecule has 218 valence electrons. The lowest BCUT2D eigenvalue weighted by atomic mass is 10.0. The van der Waals surface area contributed by atoms with Crippen LogP contribution in [0.1, 0.15) is 40.8 Å². The Balaban J connectivity index is 1.05. The molecule has 4 heterocycles. The Bertz CT molecular complexity index is 1810. The van der Waals surface area contributed by atoms with Gasteiger partial charge >= 0.3 is 0 Å². The average Bonchev–Trinajstić information content (AvgIpc) is 3.43. The molecule has 0 spiro atoms. The Morgan fingerprint density at radius 1 is 1.02 bits per heavy atom. The number of carbonyl (C=O) groups is 2. The van der Waals surface area contributed by atoms with Crippen molar-refractivity contribution in [1.82, 2.24) is 40.0 Å². The third-order valence-corrected chi connectivity index (χ3v) is 7.82. The van der Waals surface area contributed by atoms with E-state index in [0.717, 1.165) is 5.56 Å². The molecule has 2 aromatic carbocycles. The summed E-state index contributed by atoms with van der Waals surface area (Å²) in [6.45, 7) is 2.26. The molecule has 1 saturated carbocycles. The molecule has 0 bridgehead atoms. The summed E-state index contributed by atoms with van der Waals surface area (Å²) in [6.07, 6.45) is 2.03.